The lowest BCUT2D eigenvalue weighted by Gasteiger charge is -2.24. The van der Waals surface area contributed by atoms with Crippen molar-refractivity contribution in [1.82, 2.24) is 4.90 Å². The van der Waals surface area contributed by atoms with Gasteiger partial charge in [0.25, 0.3) is 0 Å². The molecule has 1 saturated carbocycles. The van der Waals surface area contributed by atoms with Crippen LogP contribution in [0.1, 0.15) is 39.5 Å². The smallest absolute Gasteiger partial charge is 0.410 e. The molecule has 1 aliphatic rings. The Hall–Kier alpha value is -1.06. The van der Waals surface area contributed by atoms with E-state index < -0.39 is 6.10 Å². The Bertz CT molecular complexity index is 236. The Balaban J connectivity index is 2.45. The standard InChI is InChI=1S/C11H19NO3/c1-3-12(4-2)11(14)15-10-8-6-5-7-9(10)13/h10H,3-8H2,1-2H3. The highest BCUT2D eigenvalue weighted by molar-refractivity contribution is 5.85. The van der Waals surface area contributed by atoms with Gasteiger partial charge in [-0.3, -0.25) is 4.79 Å². The number of amides is 1. The highest BCUT2D eigenvalue weighted by Gasteiger charge is 2.27. The summed E-state index contributed by atoms with van der Waals surface area (Å²) in [5, 5.41) is 0. The molecule has 0 saturated heterocycles. The van der Waals surface area contributed by atoms with E-state index in [9.17, 15) is 9.59 Å². The van der Waals surface area contributed by atoms with Gasteiger partial charge in [-0.25, -0.2) is 4.79 Å². The zero-order valence-corrected chi connectivity index (χ0v) is 9.49. The maximum absolute atomic E-state index is 11.6. The van der Waals surface area contributed by atoms with Crippen LogP contribution in [0.15, 0.2) is 0 Å². The largest absolute Gasteiger partial charge is 0.438 e. The van der Waals surface area contributed by atoms with Crippen molar-refractivity contribution in [2.24, 2.45) is 0 Å². The molecule has 0 aliphatic heterocycles. The van der Waals surface area contributed by atoms with Gasteiger partial charge in [0.1, 0.15) is 0 Å². The fourth-order valence-corrected chi connectivity index (χ4v) is 1.75. The number of hydrogen-bond acceptors (Lipinski definition) is 3. The van der Waals surface area contributed by atoms with E-state index in [1.807, 2.05) is 13.8 Å². The molecule has 0 N–H and O–H groups in total. The number of ether oxygens (including phenoxy) is 1. The number of Topliss-reactive ketones (excluding diaryl/α,β-unsaturated/α-hetero) is 1. The summed E-state index contributed by atoms with van der Waals surface area (Å²) in [7, 11) is 0. The Morgan fingerprint density at radius 2 is 2.07 bits per heavy atom. The molecular formula is C11H19NO3. The first-order chi connectivity index (χ1) is 7.19. The van der Waals surface area contributed by atoms with E-state index in [-0.39, 0.29) is 11.9 Å². The van der Waals surface area contributed by atoms with Crippen LogP contribution < -0.4 is 0 Å². The van der Waals surface area contributed by atoms with Gasteiger partial charge < -0.3 is 9.64 Å². The summed E-state index contributed by atoms with van der Waals surface area (Å²) >= 11 is 0. The van der Waals surface area contributed by atoms with Gasteiger partial charge >= 0.3 is 6.09 Å². The molecule has 1 aliphatic carbocycles. The average Bonchev–Trinajstić information content (AvgIpc) is 2.23. The van der Waals surface area contributed by atoms with Gasteiger partial charge in [0.05, 0.1) is 0 Å². The second-order valence-corrected chi connectivity index (χ2v) is 3.76. The average molecular weight is 213 g/mol. The summed E-state index contributed by atoms with van der Waals surface area (Å²) in [6.45, 7) is 5.04. The maximum Gasteiger partial charge on any atom is 0.410 e. The summed E-state index contributed by atoms with van der Waals surface area (Å²) in [5.74, 6) is 0.0711. The Kier molecular flexibility index (Phi) is 4.59. The van der Waals surface area contributed by atoms with Crippen molar-refractivity contribution >= 4 is 11.9 Å². The van der Waals surface area contributed by atoms with Crippen LogP contribution in [0.2, 0.25) is 0 Å². The molecule has 1 atom stereocenters. The van der Waals surface area contributed by atoms with Crippen LogP contribution in [-0.4, -0.2) is 36.0 Å². The fraction of sp³-hybridized carbons (Fsp3) is 0.818. The van der Waals surface area contributed by atoms with Crippen molar-refractivity contribution in [1.29, 1.82) is 0 Å². The molecule has 1 amide bonds. The topological polar surface area (TPSA) is 46.6 Å². The molecule has 0 bridgehead atoms. The van der Waals surface area contributed by atoms with E-state index in [4.69, 9.17) is 4.74 Å². The fourth-order valence-electron chi connectivity index (χ4n) is 1.75. The van der Waals surface area contributed by atoms with Gasteiger partial charge in [-0.1, -0.05) is 0 Å². The third-order valence-corrected chi connectivity index (χ3v) is 2.76. The minimum atomic E-state index is -0.494. The minimum Gasteiger partial charge on any atom is -0.438 e. The van der Waals surface area contributed by atoms with Gasteiger partial charge in [0.2, 0.25) is 0 Å². The Morgan fingerprint density at radius 3 is 2.60 bits per heavy atom. The molecule has 0 aromatic rings. The predicted octanol–water partition coefficient (Wildman–Crippen LogP) is 1.98. The number of carbonyl (C=O) groups is 2. The number of rotatable bonds is 3. The molecule has 4 nitrogen and oxygen atoms in total. The molecule has 0 radical (unpaired) electrons. The van der Waals surface area contributed by atoms with Crippen molar-refractivity contribution < 1.29 is 14.3 Å². The molecule has 86 valence electrons. The molecule has 0 spiro atoms. The van der Waals surface area contributed by atoms with Crippen LogP contribution in [0.3, 0.4) is 0 Å². The van der Waals surface area contributed by atoms with E-state index in [0.717, 1.165) is 12.8 Å². The summed E-state index contributed by atoms with van der Waals surface area (Å²) in [6.07, 6.45) is 2.29. The maximum atomic E-state index is 11.6. The zero-order chi connectivity index (χ0) is 11.3. The summed E-state index contributed by atoms with van der Waals surface area (Å²) in [5.41, 5.74) is 0. The van der Waals surface area contributed by atoms with Crippen molar-refractivity contribution in [2.75, 3.05) is 13.1 Å². The van der Waals surface area contributed by atoms with Crippen LogP contribution >= 0.6 is 0 Å². The van der Waals surface area contributed by atoms with Gasteiger partial charge in [-0.2, -0.15) is 0 Å². The monoisotopic (exact) mass is 213 g/mol. The molecule has 1 unspecified atom stereocenters. The molecule has 0 aromatic heterocycles. The molecule has 1 fully saturated rings. The summed E-state index contributed by atoms with van der Waals surface area (Å²) in [4.78, 5) is 24.6. The third kappa shape index (κ3) is 3.22. The second kappa shape index (κ2) is 5.73. The van der Waals surface area contributed by atoms with Crippen molar-refractivity contribution in [3.8, 4) is 0 Å². The predicted molar refractivity (Wildman–Crippen MR) is 56.7 cm³/mol. The third-order valence-electron chi connectivity index (χ3n) is 2.76. The molecular weight excluding hydrogens is 194 g/mol. The van der Waals surface area contributed by atoms with E-state index in [0.29, 0.717) is 25.9 Å². The highest BCUT2D eigenvalue weighted by Crippen LogP contribution is 2.18. The van der Waals surface area contributed by atoms with Gasteiger partial charge in [0.15, 0.2) is 11.9 Å². The van der Waals surface area contributed by atoms with E-state index in [2.05, 4.69) is 0 Å². The van der Waals surface area contributed by atoms with E-state index >= 15 is 0 Å². The van der Waals surface area contributed by atoms with Crippen molar-refractivity contribution in [2.45, 2.75) is 45.6 Å². The van der Waals surface area contributed by atoms with Crippen LogP contribution in [0, 0.1) is 0 Å². The molecule has 15 heavy (non-hydrogen) atoms. The Morgan fingerprint density at radius 1 is 1.40 bits per heavy atom. The molecule has 1 rings (SSSR count). The van der Waals surface area contributed by atoms with Crippen LogP contribution in [0.5, 0.6) is 0 Å². The molecule has 4 heteroatoms. The lowest BCUT2D eigenvalue weighted by Crippen LogP contribution is -2.37. The van der Waals surface area contributed by atoms with Gasteiger partial charge in [0, 0.05) is 19.5 Å². The highest BCUT2D eigenvalue weighted by atomic mass is 16.6. The van der Waals surface area contributed by atoms with Gasteiger partial charge in [-0.15, -0.1) is 0 Å². The van der Waals surface area contributed by atoms with Crippen molar-refractivity contribution in [3.63, 3.8) is 0 Å². The summed E-state index contributed by atoms with van der Waals surface area (Å²) in [6, 6.07) is 0. The number of ketones is 1. The first kappa shape index (κ1) is 12.0. The first-order valence-corrected chi connectivity index (χ1v) is 5.67. The number of carbonyl (C=O) groups excluding carboxylic acids is 2. The van der Waals surface area contributed by atoms with E-state index in [1.54, 1.807) is 4.90 Å². The number of nitrogens with zero attached hydrogens (tertiary/aromatic N) is 1. The van der Waals surface area contributed by atoms with Crippen molar-refractivity contribution in [3.05, 3.63) is 0 Å². The molecule has 0 aromatic carbocycles. The van der Waals surface area contributed by atoms with Crippen LogP contribution in [-0.2, 0) is 9.53 Å². The number of hydrogen-bond donors (Lipinski definition) is 0. The van der Waals surface area contributed by atoms with Crippen LogP contribution in [0.4, 0.5) is 4.79 Å². The Labute approximate surface area is 90.6 Å². The SMILES string of the molecule is CCN(CC)C(=O)OC1CCCCC1=O. The lowest BCUT2D eigenvalue weighted by atomic mass is 9.96. The van der Waals surface area contributed by atoms with Gasteiger partial charge in [-0.05, 0) is 33.1 Å². The second-order valence-electron chi connectivity index (χ2n) is 3.76. The minimum absolute atomic E-state index is 0.0711. The zero-order valence-electron chi connectivity index (χ0n) is 9.49. The van der Waals surface area contributed by atoms with Crippen LogP contribution in [0.25, 0.3) is 0 Å². The normalized spacial score (nSPS) is 21.2. The molecule has 0 heterocycles. The quantitative estimate of drug-likeness (QED) is 0.720. The first-order valence-electron chi connectivity index (χ1n) is 5.67. The summed E-state index contributed by atoms with van der Waals surface area (Å²) < 4.78 is 5.18. The lowest BCUT2D eigenvalue weighted by molar-refractivity contribution is -0.130. The van der Waals surface area contributed by atoms with E-state index in [1.165, 1.54) is 0 Å².